The maximum absolute atomic E-state index is 10.8. The summed E-state index contributed by atoms with van der Waals surface area (Å²) in [7, 11) is 0. The summed E-state index contributed by atoms with van der Waals surface area (Å²) in [5, 5.41) is 16.2. The zero-order chi connectivity index (χ0) is 13.8. The highest BCUT2D eigenvalue weighted by Crippen LogP contribution is 2.19. The van der Waals surface area contributed by atoms with E-state index in [-0.39, 0.29) is 5.56 Å². The Kier molecular flexibility index (Phi) is 3.70. The van der Waals surface area contributed by atoms with Gasteiger partial charge in [0.25, 0.3) is 0 Å². The monoisotopic (exact) mass is 260 g/mol. The highest BCUT2D eigenvalue weighted by molar-refractivity contribution is 5.90. The predicted octanol–water partition coefficient (Wildman–Crippen LogP) is 1.58. The maximum atomic E-state index is 10.8. The summed E-state index contributed by atoms with van der Waals surface area (Å²) in [5.74, 6) is -0.981. The molecular weight excluding hydrogens is 244 g/mol. The zero-order valence-corrected chi connectivity index (χ0v) is 10.6. The van der Waals surface area contributed by atoms with Crippen molar-refractivity contribution in [1.29, 1.82) is 0 Å². The number of nitrogens with two attached hydrogens (primary N) is 1. The lowest BCUT2D eigenvalue weighted by Gasteiger charge is -2.10. The number of carbonyl (C=O) groups is 1. The number of nitrogen functional groups attached to an aromatic ring is 1. The minimum Gasteiger partial charge on any atom is -0.478 e. The molecule has 0 unspecified atom stereocenters. The average molecular weight is 260 g/mol. The third-order valence-corrected chi connectivity index (χ3v) is 2.72. The number of benzene rings is 1. The van der Waals surface area contributed by atoms with Crippen LogP contribution in [0, 0.1) is 6.92 Å². The van der Waals surface area contributed by atoms with E-state index < -0.39 is 5.97 Å². The van der Waals surface area contributed by atoms with Crippen molar-refractivity contribution in [2.24, 2.45) is 0 Å². The first-order valence-electron chi connectivity index (χ1n) is 5.92. The molecule has 0 saturated heterocycles. The number of carboxylic acids is 1. The van der Waals surface area contributed by atoms with Crippen LogP contribution in [-0.4, -0.2) is 27.4 Å². The third kappa shape index (κ3) is 3.25. The number of nitrogens with one attached hydrogen (secondary N) is 1. The molecule has 2 rings (SSSR count). The molecule has 1 aromatic carbocycles. The van der Waals surface area contributed by atoms with E-state index in [4.69, 9.17) is 10.8 Å². The van der Waals surface area contributed by atoms with Crippen molar-refractivity contribution in [3.05, 3.63) is 41.7 Å². The Labute approximate surface area is 110 Å². The van der Waals surface area contributed by atoms with Gasteiger partial charge in [-0.15, -0.1) is 0 Å². The molecule has 19 heavy (non-hydrogen) atoms. The van der Waals surface area contributed by atoms with Gasteiger partial charge in [-0.1, -0.05) is 0 Å². The highest BCUT2D eigenvalue weighted by Gasteiger charge is 2.05. The number of rotatable bonds is 5. The number of carboxylic acid groups (broad SMARTS) is 1. The molecule has 0 aliphatic rings. The number of aromatic carboxylic acids is 1. The molecule has 100 valence electrons. The molecule has 4 N–H and O–H groups in total. The summed E-state index contributed by atoms with van der Waals surface area (Å²) in [6.07, 6.45) is 3.76. The van der Waals surface area contributed by atoms with Gasteiger partial charge < -0.3 is 16.2 Å². The number of nitrogens with zero attached hydrogens (tertiary/aromatic N) is 2. The normalized spacial score (nSPS) is 10.4. The molecule has 0 radical (unpaired) electrons. The summed E-state index contributed by atoms with van der Waals surface area (Å²) in [4.78, 5) is 10.8. The number of aromatic nitrogens is 2. The van der Waals surface area contributed by atoms with Gasteiger partial charge in [0.2, 0.25) is 0 Å². The van der Waals surface area contributed by atoms with Crippen LogP contribution in [-0.2, 0) is 6.54 Å². The first-order valence-corrected chi connectivity index (χ1v) is 5.92. The quantitative estimate of drug-likeness (QED) is 0.710. The van der Waals surface area contributed by atoms with E-state index in [0.717, 1.165) is 11.3 Å². The third-order valence-electron chi connectivity index (χ3n) is 2.72. The molecule has 0 amide bonds. The Bertz CT molecular complexity index is 592. The SMILES string of the molecule is Cc1cnn(CCNc2ccc(C(=O)O)cc2N)c1. The first-order chi connectivity index (χ1) is 9.06. The molecule has 6 heteroatoms. The van der Waals surface area contributed by atoms with Crippen LogP contribution in [0.25, 0.3) is 0 Å². The molecule has 2 aromatic rings. The van der Waals surface area contributed by atoms with Crippen molar-refractivity contribution in [2.75, 3.05) is 17.6 Å². The van der Waals surface area contributed by atoms with Crippen molar-refractivity contribution < 1.29 is 9.90 Å². The van der Waals surface area contributed by atoms with Crippen LogP contribution in [0.2, 0.25) is 0 Å². The van der Waals surface area contributed by atoms with Crippen molar-refractivity contribution in [1.82, 2.24) is 9.78 Å². The molecule has 1 aromatic heterocycles. The molecular formula is C13H16N4O2. The molecule has 0 fully saturated rings. The first kappa shape index (κ1) is 12.9. The number of anilines is 2. The summed E-state index contributed by atoms with van der Waals surface area (Å²) >= 11 is 0. The largest absolute Gasteiger partial charge is 0.478 e. The molecule has 6 nitrogen and oxygen atoms in total. The summed E-state index contributed by atoms with van der Waals surface area (Å²) in [6.45, 7) is 3.37. The van der Waals surface area contributed by atoms with Gasteiger partial charge in [0.1, 0.15) is 0 Å². The standard InChI is InChI=1S/C13H16N4O2/c1-9-7-16-17(8-9)5-4-15-12-3-2-10(13(18)19)6-11(12)14/h2-3,6-8,15H,4-5,14H2,1H3,(H,18,19). The fraction of sp³-hybridized carbons (Fsp3) is 0.231. The number of hydrogen-bond donors (Lipinski definition) is 3. The number of aryl methyl sites for hydroxylation is 1. The molecule has 0 bridgehead atoms. The van der Waals surface area contributed by atoms with Gasteiger partial charge in [0.05, 0.1) is 29.7 Å². The van der Waals surface area contributed by atoms with Crippen LogP contribution in [0.3, 0.4) is 0 Å². The van der Waals surface area contributed by atoms with Gasteiger partial charge in [-0.05, 0) is 30.7 Å². The van der Waals surface area contributed by atoms with Crippen LogP contribution < -0.4 is 11.1 Å². The van der Waals surface area contributed by atoms with Gasteiger partial charge in [0, 0.05) is 12.7 Å². The van der Waals surface area contributed by atoms with Gasteiger partial charge in [-0.2, -0.15) is 5.10 Å². The van der Waals surface area contributed by atoms with Crippen LogP contribution in [0.15, 0.2) is 30.6 Å². The van der Waals surface area contributed by atoms with Gasteiger partial charge in [-0.3, -0.25) is 4.68 Å². The summed E-state index contributed by atoms with van der Waals surface area (Å²) < 4.78 is 1.84. The maximum Gasteiger partial charge on any atom is 0.335 e. The van der Waals surface area contributed by atoms with Crippen molar-refractivity contribution in [3.8, 4) is 0 Å². The lowest BCUT2D eigenvalue weighted by molar-refractivity contribution is 0.0697. The van der Waals surface area contributed by atoms with Crippen LogP contribution >= 0.6 is 0 Å². The molecule has 0 aliphatic heterocycles. The Morgan fingerprint density at radius 1 is 1.53 bits per heavy atom. The topological polar surface area (TPSA) is 93.2 Å². The Balaban J connectivity index is 1.94. The average Bonchev–Trinajstić information content (AvgIpc) is 2.77. The summed E-state index contributed by atoms with van der Waals surface area (Å²) in [5.41, 5.74) is 8.25. The van der Waals surface area contributed by atoms with E-state index in [9.17, 15) is 4.79 Å². The Morgan fingerprint density at radius 3 is 2.89 bits per heavy atom. The molecule has 0 aliphatic carbocycles. The van der Waals surface area contributed by atoms with Crippen LogP contribution in [0.4, 0.5) is 11.4 Å². The van der Waals surface area contributed by atoms with E-state index in [2.05, 4.69) is 10.4 Å². The minimum atomic E-state index is -0.981. The fourth-order valence-electron chi connectivity index (χ4n) is 1.75. The second kappa shape index (κ2) is 5.43. The van der Waals surface area contributed by atoms with E-state index in [0.29, 0.717) is 18.8 Å². The minimum absolute atomic E-state index is 0.186. The smallest absolute Gasteiger partial charge is 0.335 e. The van der Waals surface area contributed by atoms with Crippen molar-refractivity contribution in [2.45, 2.75) is 13.5 Å². The Hall–Kier alpha value is -2.50. The van der Waals surface area contributed by atoms with E-state index >= 15 is 0 Å². The van der Waals surface area contributed by atoms with Crippen LogP contribution in [0.1, 0.15) is 15.9 Å². The second-order valence-electron chi connectivity index (χ2n) is 4.31. The van der Waals surface area contributed by atoms with Crippen molar-refractivity contribution in [3.63, 3.8) is 0 Å². The predicted molar refractivity (Wildman–Crippen MR) is 73.3 cm³/mol. The molecule has 0 spiro atoms. The molecule has 1 heterocycles. The lowest BCUT2D eigenvalue weighted by atomic mass is 10.2. The zero-order valence-electron chi connectivity index (χ0n) is 10.6. The van der Waals surface area contributed by atoms with Crippen LogP contribution in [0.5, 0.6) is 0 Å². The molecule has 0 saturated carbocycles. The van der Waals surface area contributed by atoms with Gasteiger partial charge in [0.15, 0.2) is 0 Å². The Morgan fingerprint density at radius 2 is 2.32 bits per heavy atom. The lowest BCUT2D eigenvalue weighted by Crippen LogP contribution is -2.12. The highest BCUT2D eigenvalue weighted by atomic mass is 16.4. The second-order valence-corrected chi connectivity index (χ2v) is 4.31. The molecule has 0 atom stereocenters. The van der Waals surface area contributed by atoms with E-state index in [1.165, 1.54) is 12.1 Å². The van der Waals surface area contributed by atoms with E-state index in [1.54, 1.807) is 12.3 Å². The number of hydrogen-bond acceptors (Lipinski definition) is 4. The fourth-order valence-corrected chi connectivity index (χ4v) is 1.75. The van der Waals surface area contributed by atoms with E-state index in [1.807, 2.05) is 17.8 Å². The van der Waals surface area contributed by atoms with Crippen molar-refractivity contribution >= 4 is 17.3 Å². The van der Waals surface area contributed by atoms with Gasteiger partial charge >= 0.3 is 5.97 Å². The summed E-state index contributed by atoms with van der Waals surface area (Å²) in [6, 6.07) is 4.65. The van der Waals surface area contributed by atoms with Gasteiger partial charge in [-0.25, -0.2) is 4.79 Å².